The minimum atomic E-state index is -0.177. The first kappa shape index (κ1) is 13.2. The van der Waals surface area contributed by atoms with Crippen LogP contribution in [-0.4, -0.2) is 18.5 Å². The summed E-state index contributed by atoms with van der Waals surface area (Å²) in [6, 6.07) is 6.25. The van der Waals surface area contributed by atoms with E-state index < -0.39 is 0 Å². The maximum Gasteiger partial charge on any atom is 0.220 e. The van der Waals surface area contributed by atoms with Crippen LogP contribution in [0, 0.1) is 12.8 Å². The molecule has 1 unspecified atom stereocenters. The zero-order valence-corrected chi connectivity index (χ0v) is 11.6. The fourth-order valence-electron chi connectivity index (χ4n) is 2.68. The number of halogens is 1. The van der Waals surface area contributed by atoms with Gasteiger partial charge in [0.25, 0.3) is 0 Å². The summed E-state index contributed by atoms with van der Waals surface area (Å²) in [6.45, 7) is 5.07. The molecule has 2 rings (SSSR count). The van der Waals surface area contributed by atoms with E-state index in [0.717, 1.165) is 30.1 Å². The molecule has 0 radical (unpaired) electrons. The predicted molar refractivity (Wildman–Crippen MR) is 74.9 cm³/mol. The molecule has 1 aromatic rings. The van der Waals surface area contributed by atoms with Crippen molar-refractivity contribution < 1.29 is 4.79 Å². The van der Waals surface area contributed by atoms with Gasteiger partial charge in [0, 0.05) is 29.2 Å². The average molecular weight is 267 g/mol. The van der Waals surface area contributed by atoms with Gasteiger partial charge in [-0.1, -0.05) is 17.7 Å². The minimum Gasteiger partial charge on any atom is -0.369 e. The Morgan fingerprint density at radius 1 is 1.50 bits per heavy atom. The Hall–Kier alpha value is -1.22. The van der Waals surface area contributed by atoms with E-state index in [1.54, 1.807) is 0 Å². The van der Waals surface area contributed by atoms with Gasteiger partial charge >= 0.3 is 0 Å². The van der Waals surface area contributed by atoms with E-state index in [1.807, 2.05) is 18.2 Å². The summed E-state index contributed by atoms with van der Waals surface area (Å²) in [5, 5.41) is 0.750. The molecule has 1 aliphatic rings. The SMILES string of the molecule is Cc1ccc(Cl)cc1N1CC[C@H](C(N)=O)CC1C. The van der Waals surface area contributed by atoms with Gasteiger partial charge in [0.2, 0.25) is 5.91 Å². The summed E-state index contributed by atoms with van der Waals surface area (Å²) in [6.07, 6.45) is 1.65. The summed E-state index contributed by atoms with van der Waals surface area (Å²) in [5.74, 6) is -0.167. The van der Waals surface area contributed by atoms with Gasteiger partial charge in [-0.25, -0.2) is 0 Å². The van der Waals surface area contributed by atoms with Crippen molar-refractivity contribution in [3.05, 3.63) is 28.8 Å². The molecule has 1 fully saturated rings. The second-order valence-corrected chi connectivity index (χ2v) is 5.53. The maximum absolute atomic E-state index is 11.2. The first-order chi connectivity index (χ1) is 8.49. The average Bonchev–Trinajstić information content (AvgIpc) is 2.32. The molecule has 0 spiro atoms. The van der Waals surface area contributed by atoms with E-state index in [2.05, 4.69) is 18.7 Å². The van der Waals surface area contributed by atoms with Crippen LogP contribution in [0.5, 0.6) is 0 Å². The number of nitrogens with zero attached hydrogens (tertiary/aromatic N) is 1. The minimum absolute atomic E-state index is 0.00994. The molecule has 0 bridgehead atoms. The summed E-state index contributed by atoms with van der Waals surface area (Å²) >= 11 is 6.06. The maximum atomic E-state index is 11.2. The van der Waals surface area contributed by atoms with Gasteiger partial charge in [-0.05, 0) is 44.4 Å². The lowest BCUT2D eigenvalue weighted by atomic mass is 9.90. The van der Waals surface area contributed by atoms with Gasteiger partial charge in [-0.15, -0.1) is 0 Å². The Bertz CT molecular complexity index is 461. The van der Waals surface area contributed by atoms with Crippen LogP contribution in [0.2, 0.25) is 5.02 Å². The number of rotatable bonds is 2. The molecule has 0 aromatic heterocycles. The lowest BCUT2D eigenvalue weighted by Crippen LogP contribution is -2.44. The predicted octanol–water partition coefficient (Wildman–Crippen LogP) is 2.74. The van der Waals surface area contributed by atoms with Crippen LogP contribution in [0.4, 0.5) is 5.69 Å². The Kier molecular flexibility index (Phi) is 3.81. The molecule has 2 atom stereocenters. The van der Waals surface area contributed by atoms with Gasteiger partial charge in [0.15, 0.2) is 0 Å². The van der Waals surface area contributed by atoms with Crippen LogP contribution in [0.15, 0.2) is 18.2 Å². The van der Waals surface area contributed by atoms with Gasteiger partial charge in [0.1, 0.15) is 0 Å². The smallest absolute Gasteiger partial charge is 0.220 e. The van der Waals surface area contributed by atoms with Gasteiger partial charge in [0.05, 0.1) is 0 Å². The Labute approximate surface area is 113 Å². The van der Waals surface area contributed by atoms with Crippen molar-refractivity contribution in [3.8, 4) is 0 Å². The number of primary amides is 1. The fraction of sp³-hybridized carbons (Fsp3) is 0.500. The third-order valence-corrected chi connectivity index (χ3v) is 3.99. The number of hydrogen-bond acceptors (Lipinski definition) is 2. The molecule has 1 aromatic carbocycles. The number of piperidine rings is 1. The van der Waals surface area contributed by atoms with E-state index in [-0.39, 0.29) is 11.8 Å². The largest absolute Gasteiger partial charge is 0.369 e. The standard InChI is InChI=1S/C14H19ClN2O/c1-9-3-4-12(15)8-13(9)17-6-5-11(14(16)18)7-10(17)2/h3-4,8,10-11H,5-7H2,1-2H3,(H2,16,18)/t10?,11-/m0/s1. The number of nitrogens with two attached hydrogens (primary N) is 1. The Balaban J connectivity index is 2.20. The van der Waals surface area contributed by atoms with Crippen LogP contribution >= 0.6 is 11.6 Å². The normalized spacial score (nSPS) is 24.1. The zero-order valence-electron chi connectivity index (χ0n) is 10.8. The van der Waals surface area contributed by atoms with E-state index in [9.17, 15) is 4.79 Å². The summed E-state index contributed by atoms with van der Waals surface area (Å²) in [7, 11) is 0. The molecule has 1 saturated heterocycles. The van der Waals surface area contributed by atoms with Crippen LogP contribution in [0.25, 0.3) is 0 Å². The number of carbonyl (C=O) groups excluding carboxylic acids is 1. The van der Waals surface area contributed by atoms with Crippen molar-refractivity contribution in [2.45, 2.75) is 32.7 Å². The molecular weight excluding hydrogens is 248 g/mol. The third-order valence-electron chi connectivity index (χ3n) is 3.76. The van der Waals surface area contributed by atoms with Crippen molar-refractivity contribution in [1.29, 1.82) is 0 Å². The Morgan fingerprint density at radius 2 is 2.22 bits per heavy atom. The molecule has 4 heteroatoms. The molecule has 18 heavy (non-hydrogen) atoms. The molecule has 0 aliphatic carbocycles. The number of aryl methyl sites for hydroxylation is 1. The lowest BCUT2D eigenvalue weighted by Gasteiger charge is -2.39. The van der Waals surface area contributed by atoms with Crippen molar-refractivity contribution in [2.75, 3.05) is 11.4 Å². The van der Waals surface area contributed by atoms with Crippen molar-refractivity contribution in [3.63, 3.8) is 0 Å². The molecular formula is C14H19ClN2O. The molecule has 1 amide bonds. The lowest BCUT2D eigenvalue weighted by molar-refractivity contribution is -0.122. The molecule has 2 N–H and O–H groups in total. The number of carbonyl (C=O) groups is 1. The Morgan fingerprint density at radius 3 is 2.83 bits per heavy atom. The monoisotopic (exact) mass is 266 g/mol. The highest BCUT2D eigenvalue weighted by Gasteiger charge is 2.29. The number of amides is 1. The number of anilines is 1. The van der Waals surface area contributed by atoms with Gasteiger partial charge in [-0.3, -0.25) is 4.79 Å². The number of benzene rings is 1. The highest BCUT2D eigenvalue weighted by atomic mass is 35.5. The molecule has 0 saturated carbocycles. The summed E-state index contributed by atoms with van der Waals surface area (Å²) < 4.78 is 0. The summed E-state index contributed by atoms with van der Waals surface area (Å²) in [4.78, 5) is 13.6. The molecule has 3 nitrogen and oxygen atoms in total. The van der Waals surface area contributed by atoms with Crippen molar-refractivity contribution in [2.24, 2.45) is 11.7 Å². The second kappa shape index (κ2) is 5.19. The molecule has 1 aliphatic heterocycles. The molecule has 1 heterocycles. The van der Waals surface area contributed by atoms with Crippen LogP contribution in [0.1, 0.15) is 25.3 Å². The number of hydrogen-bond donors (Lipinski definition) is 1. The topological polar surface area (TPSA) is 46.3 Å². The van der Waals surface area contributed by atoms with E-state index in [0.29, 0.717) is 6.04 Å². The first-order valence-corrected chi connectivity index (χ1v) is 6.69. The third kappa shape index (κ3) is 2.61. The van der Waals surface area contributed by atoms with Crippen molar-refractivity contribution in [1.82, 2.24) is 0 Å². The fourth-order valence-corrected chi connectivity index (χ4v) is 2.85. The van der Waals surface area contributed by atoms with Crippen LogP contribution < -0.4 is 10.6 Å². The quantitative estimate of drug-likeness (QED) is 0.895. The highest BCUT2D eigenvalue weighted by Crippen LogP contribution is 2.31. The first-order valence-electron chi connectivity index (χ1n) is 6.31. The second-order valence-electron chi connectivity index (χ2n) is 5.10. The highest BCUT2D eigenvalue weighted by molar-refractivity contribution is 6.30. The summed E-state index contributed by atoms with van der Waals surface area (Å²) in [5.41, 5.74) is 7.77. The van der Waals surface area contributed by atoms with E-state index in [4.69, 9.17) is 17.3 Å². The molecule has 98 valence electrons. The van der Waals surface area contributed by atoms with E-state index >= 15 is 0 Å². The van der Waals surface area contributed by atoms with Gasteiger partial charge < -0.3 is 10.6 Å². The zero-order chi connectivity index (χ0) is 13.3. The van der Waals surface area contributed by atoms with Crippen molar-refractivity contribution >= 4 is 23.2 Å². The van der Waals surface area contributed by atoms with E-state index in [1.165, 1.54) is 5.56 Å². The van der Waals surface area contributed by atoms with Gasteiger partial charge in [-0.2, -0.15) is 0 Å². The van der Waals surface area contributed by atoms with Crippen LogP contribution in [-0.2, 0) is 4.79 Å². The van der Waals surface area contributed by atoms with Crippen LogP contribution in [0.3, 0.4) is 0 Å².